The molecule has 2 atom stereocenters. The third-order valence-electron chi connectivity index (χ3n) is 5.41. The number of nitrogens with one attached hydrogen (secondary N) is 2. The van der Waals surface area contributed by atoms with Gasteiger partial charge in [0.1, 0.15) is 0 Å². The predicted molar refractivity (Wildman–Crippen MR) is 119 cm³/mol. The summed E-state index contributed by atoms with van der Waals surface area (Å²) in [6, 6.07) is 33.1. The fraction of sp³-hybridized carbons (Fsp3) is 0.115. The second-order valence-corrected chi connectivity index (χ2v) is 7.10. The molecule has 3 aromatic carbocycles. The van der Waals surface area contributed by atoms with Gasteiger partial charge < -0.3 is 15.0 Å². The van der Waals surface area contributed by atoms with Crippen molar-refractivity contribution in [1.82, 2.24) is 4.98 Å². The Hall–Kier alpha value is -3.79. The van der Waals surface area contributed by atoms with E-state index < -0.39 is 11.5 Å². The van der Waals surface area contributed by atoms with Gasteiger partial charge >= 0.3 is 5.97 Å². The Labute approximate surface area is 176 Å². The minimum absolute atomic E-state index is 0.339. The second-order valence-electron chi connectivity index (χ2n) is 7.10. The summed E-state index contributed by atoms with van der Waals surface area (Å²) in [6.45, 7) is 0. The maximum Gasteiger partial charge on any atom is 0.324 e. The van der Waals surface area contributed by atoms with Gasteiger partial charge in [-0.25, -0.2) is 0 Å². The largest absolute Gasteiger partial charge is 0.468 e. The number of methoxy groups -OCH3 is 1. The number of anilines is 1. The van der Waals surface area contributed by atoms with Crippen LogP contribution >= 0.6 is 0 Å². The molecule has 0 saturated carbocycles. The summed E-state index contributed by atoms with van der Waals surface area (Å²) >= 11 is 0. The summed E-state index contributed by atoms with van der Waals surface area (Å²) < 4.78 is 5.44. The van der Waals surface area contributed by atoms with E-state index in [9.17, 15) is 4.79 Å². The first-order valence-electron chi connectivity index (χ1n) is 9.91. The molecular formula is C26H24N2O2. The Bertz CT molecular complexity index is 1060. The smallest absolute Gasteiger partial charge is 0.324 e. The van der Waals surface area contributed by atoms with E-state index in [0.717, 1.165) is 22.5 Å². The van der Waals surface area contributed by atoms with Gasteiger partial charge in [-0.05, 0) is 35.4 Å². The zero-order chi connectivity index (χ0) is 20.8. The third-order valence-corrected chi connectivity index (χ3v) is 5.41. The zero-order valence-corrected chi connectivity index (χ0v) is 16.8. The van der Waals surface area contributed by atoms with Crippen molar-refractivity contribution in [1.29, 1.82) is 0 Å². The maximum absolute atomic E-state index is 13.7. The van der Waals surface area contributed by atoms with E-state index in [1.54, 1.807) is 0 Å². The predicted octanol–water partition coefficient (Wildman–Crippen LogP) is 5.33. The summed E-state index contributed by atoms with van der Waals surface area (Å²) in [7, 11) is 1.44. The van der Waals surface area contributed by atoms with Gasteiger partial charge in [-0.15, -0.1) is 0 Å². The highest BCUT2D eigenvalue weighted by Crippen LogP contribution is 2.45. The molecule has 0 aliphatic carbocycles. The lowest BCUT2D eigenvalue weighted by molar-refractivity contribution is -0.146. The average Bonchev–Trinajstić information content (AvgIpc) is 3.36. The molecule has 0 aliphatic rings. The number of H-pyrrole nitrogens is 1. The van der Waals surface area contributed by atoms with Crippen molar-refractivity contribution >= 4 is 11.7 Å². The molecule has 0 aliphatic heterocycles. The van der Waals surface area contributed by atoms with Gasteiger partial charge in [0, 0.05) is 17.6 Å². The maximum atomic E-state index is 13.7. The molecule has 0 saturated heterocycles. The minimum atomic E-state index is -1.13. The fourth-order valence-corrected chi connectivity index (χ4v) is 4.05. The van der Waals surface area contributed by atoms with Crippen molar-refractivity contribution in [2.45, 2.75) is 11.5 Å². The lowest BCUT2D eigenvalue weighted by atomic mass is 9.69. The van der Waals surface area contributed by atoms with E-state index in [4.69, 9.17) is 4.74 Å². The highest BCUT2D eigenvalue weighted by molar-refractivity contribution is 5.89. The normalized spacial score (nSPS) is 13.8. The van der Waals surface area contributed by atoms with Gasteiger partial charge in [0.15, 0.2) is 5.41 Å². The summed E-state index contributed by atoms with van der Waals surface area (Å²) in [6.07, 6.45) is 1.83. The number of rotatable bonds is 7. The molecule has 4 heteroatoms. The molecule has 0 amide bonds. The van der Waals surface area contributed by atoms with E-state index in [1.807, 2.05) is 109 Å². The molecule has 4 nitrogen and oxygen atoms in total. The first-order chi connectivity index (χ1) is 14.8. The molecule has 150 valence electrons. The van der Waals surface area contributed by atoms with Crippen molar-refractivity contribution in [3.05, 3.63) is 126 Å². The van der Waals surface area contributed by atoms with Crippen molar-refractivity contribution < 1.29 is 9.53 Å². The van der Waals surface area contributed by atoms with Crippen molar-refractivity contribution in [3.63, 3.8) is 0 Å². The Morgan fingerprint density at radius 3 is 2.00 bits per heavy atom. The molecular weight excluding hydrogens is 372 g/mol. The van der Waals surface area contributed by atoms with Gasteiger partial charge in [0.2, 0.25) is 0 Å². The van der Waals surface area contributed by atoms with Crippen LogP contribution in [0.15, 0.2) is 109 Å². The molecule has 30 heavy (non-hydrogen) atoms. The number of carbonyl (C=O) groups excluding carboxylic acids is 1. The monoisotopic (exact) mass is 396 g/mol. The number of hydrogen-bond donors (Lipinski definition) is 2. The lowest BCUT2D eigenvalue weighted by Crippen LogP contribution is -2.47. The van der Waals surface area contributed by atoms with Gasteiger partial charge in [0.25, 0.3) is 0 Å². The third kappa shape index (κ3) is 3.48. The van der Waals surface area contributed by atoms with E-state index in [0.29, 0.717) is 0 Å². The molecule has 0 fully saturated rings. The quantitative estimate of drug-likeness (QED) is 0.415. The average molecular weight is 396 g/mol. The van der Waals surface area contributed by atoms with Gasteiger partial charge in [-0.2, -0.15) is 0 Å². The topological polar surface area (TPSA) is 54.1 Å². The number of hydrogen-bond acceptors (Lipinski definition) is 3. The first kappa shape index (κ1) is 19.5. The molecule has 2 N–H and O–H groups in total. The molecule has 2 unspecified atom stereocenters. The molecule has 0 bridgehead atoms. The highest BCUT2D eigenvalue weighted by atomic mass is 16.5. The van der Waals surface area contributed by atoms with E-state index in [1.165, 1.54) is 7.11 Å². The Kier molecular flexibility index (Phi) is 5.66. The standard InChI is InChI=1S/C26H24N2O2/c1-30-25(29)26(23-18-11-19-27-23,21-14-7-3-8-15-21)24(20-12-5-2-6-13-20)28-22-16-9-4-10-17-22/h2-19,24,27-28H,1H3. The van der Waals surface area contributed by atoms with Crippen molar-refractivity contribution in [2.24, 2.45) is 0 Å². The number of ether oxygens (including phenoxy) is 1. The number of aromatic amines is 1. The second kappa shape index (κ2) is 8.70. The van der Waals surface area contributed by atoms with Crippen molar-refractivity contribution in [3.8, 4) is 0 Å². The van der Waals surface area contributed by atoms with Gasteiger partial charge in [-0.1, -0.05) is 78.9 Å². The summed E-state index contributed by atoms with van der Waals surface area (Å²) in [5, 5.41) is 3.62. The van der Waals surface area contributed by atoms with Crippen LogP contribution in [0.3, 0.4) is 0 Å². The lowest BCUT2D eigenvalue weighted by Gasteiger charge is -2.39. The Morgan fingerprint density at radius 2 is 1.43 bits per heavy atom. The number of esters is 1. The highest BCUT2D eigenvalue weighted by Gasteiger charge is 2.51. The number of carbonyl (C=O) groups is 1. The SMILES string of the molecule is COC(=O)C(c1ccccc1)(c1ccc[nH]1)C(Nc1ccccc1)c1ccccc1. The minimum Gasteiger partial charge on any atom is -0.468 e. The first-order valence-corrected chi connectivity index (χ1v) is 9.91. The van der Waals surface area contributed by atoms with Crippen molar-refractivity contribution in [2.75, 3.05) is 12.4 Å². The van der Waals surface area contributed by atoms with Crippen LogP contribution in [0.4, 0.5) is 5.69 Å². The number of benzene rings is 3. The Balaban J connectivity index is 2.01. The Morgan fingerprint density at radius 1 is 0.833 bits per heavy atom. The molecule has 1 aromatic heterocycles. The summed E-state index contributed by atoms with van der Waals surface area (Å²) in [5.41, 5.74) is 2.37. The van der Waals surface area contributed by atoms with Crippen LogP contribution in [0, 0.1) is 0 Å². The number of aromatic nitrogens is 1. The van der Waals surface area contributed by atoms with Crippen LogP contribution in [0.1, 0.15) is 22.9 Å². The van der Waals surface area contributed by atoms with Crippen LogP contribution < -0.4 is 5.32 Å². The molecule has 1 heterocycles. The van der Waals surface area contributed by atoms with Crippen LogP contribution in [-0.2, 0) is 14.9 Å². The number of para-hydroxylation sites is 1. The fourth-order valence-electron chi connectivity index (χ4n) is 4.05. The van der Waals surface area contributed by atoms with Crippen LogP contribution in [0.2, 0.25) is 0 Å². The zero-order valence-electron chi connectivity index (χ0n) is 16.8. The van der Waals surface area contributed by atoms with E-state index >= 15 is 0 Å². The van der Waals surface area contributed by atoms with Crippen LogP contribution in [0.25, 0.3) is 0 Å². The molecule has 0 spiro atoms. The molecule has 4 rings (SSSR count). The van der Waals surface area contributed by atoms with E-state index in [2.05, 4.69) is 10.3 Å². The van der Waals surface area contributed by atoms with Crippen LogP contribution in [0.5, 0.6) is 0 Å². The van der Waals surface area contributed by atoms with Gasteiger partial charge in [-0.3, -0.25) is 4.79 Å². The molecule has 4 aromatic rings. The van der Waals surface area contributed by atoms with Gasteiger partial charge in [0.05, 0.1) is 13.2 Å². The molecule has 0 radical (unpaired) electrons. The summed E-state index contributed by atoms with van der Waals surface area (Å²) in [4.78, 5) is 16.9. The van der Waals surface area contributed by atoms with Crippen LogP contribution in [-0.4, -0.2) is 18.1 Å². The van der Waals surface area contributed by atoms with E-state index in [-0.39, 0.29) is 5.97 Å². The summed E-state index contributed by atoms with van der Waals surface area (Å²) in [5.74, 6) is -0.339.